The van der Waals surface area contributed by atoms with Crippen LogP contribution in [0.15, 0.2) is 17.1 Å². The van der Waals surface area contributed by atoms with E-state index in [1.807, 2.05) is 6.92 Å². The first-order chi connectivity index (χ1) is 10.9. The van der Waals surface area contributed by atoms with Gasteiger partial charge in [-0.15, -0.1) is 0 Å². The van der Waals surface area contributed by atoms with Crippen LogP contribution in [0.2, 0.25) is 0 Å². The molecule has 1 unspecified atom stereocenters. The molecule has 1 fully saturated rings. The van der Waals surface area contributed by atoms with Gasteiger partial charge in [0.2, 0.25) is 0 Å². The molecule has 9 nitrogen and oxygen atoms in total. The van der Waals surface area contributed by atoms with Crippen LogP contribution in [0.5, 0.6) is 0 Å². The molecule has 2 rings (SSSR count). The highest BCUT2D eigenvalue weighted by Gasteiger charge is 2.53. The molecule has 2 heterocycles. The van der Waals surface area contributed by atoms with Crippen LogP contribution in [0.3, 0.4) is 0 Å². The van der Waals surface area contributed by atoms with Crippen LogP contribution >= 0.6 is 0 Å². The van der Waals surface area contributed by atoms with Crippen molar-refractivity contribution in [1.82, 2.24) is 9.55 Å². The molecule has 0 radical (unpaired) electrons. The predicted octanol–water partition coefficient (Wildman–Crippen LogP) is -0.612. The Morgan fingerprint density at radius 1 is 1.57 bits per heavy atom. The average molecular weight is 329 g/mol. The smallest absolute Gasteiger partial charge is 0.351 e. The highest BCUT2D eigenvalue weighted by molar-refractivity contribution is 5.28. The molecule has 4 atom stereocenters. The summed E-state index contributed by atoms with van der Waals surface area (Å²) < 4.78 is 6.44. The summed E-state index contributed by atoms with van der Waals surface area (Å²) in [7, 11) is 0. The van der Waals surface area contributed by atoms with Crippen LogP contribution in [0.25, 0.3) is 0 Å². The first-order valence-electron chi connectivity index (χ1n) is 7.55. The summed E-state index contributed by atoms with van der Waals surface area (Å²) in [5, 5.41) is 29.5. The first-order valence-corrected chi connectivity index (χ1v) is 7.55. The number of nitrogens with one attached hydrogen (secondary N) is 1. The number of aliphatic hydroxyl groups excluding tert-OH is 2. The molecule has 0 aliphatic carbocycles. The van der Waals surface area contributed by atoms with Crippen molar-refractivity contribution >= 4 is 5.82 Å². The predicted molar refractivity (Wildman–Crippen MR) is 80.6 cm³/mol. The second kappa shape index (κ2) is 7.37. The molecule has 4 N–H and O–H groups in total. The summed E-state index contributed by atoms with van der Waals surface area (Å²) in [5.74, 6) is 0.235. The van der Waals surface area contributed by atoms with Crippen molar-refractivity contribution in [2.24, 2.45) is 0 Å². The van der Waals surface area contributed by atoms with Gasteiger partial charge < -0.3 is 20.1 Å². The summed E-state index contributed by atoms with van der Waals surface area (Å²) in [6, 6.07) is 1.49. The zero-order valence-electron chi connectivity index (χ0n) is 13.2. The molecule has 1 saturated heterocycles. The molecular weight excluding hydrogens is 306 g/mol. The Bertz CT molecular complexity index is 576. The maximum Gasteiger partial charge on any atom is 0.351 e. The second-order valence-electron chi connectivity index (χ2n) is 5.69. The van der Waals surface area contributed by atoms with Crippen molar-refractivity contribution in [3.8, 4) is 0 Å². The summed E-state index contributed by atoms with van der Waals surface area (Å²) in [4.78, 5) is 21.1. The van der Waals surface area contributed by atoms with E-state index in [9.17, 15) is 15.0 Å². The fourth-order valence-corrected chi connectivity index (χ4v) is 2.38. The van der Waals surface area contributed by atoms with Crippen LogP contribution in [0.4, 0.5) is 5.82 Å². The number of aromatic nitrogens is 2. The van der Waals surface area contributed by atoms with Crippen LogP contribution < -0.4 is 11.2 Å². The lowest BCUT2D eigenvalue weighted by atomic mass is 9.96. The van der Waals surface area contributed by atoms with Crippen LogP contribution in [-0.2, 0) is 9.57 Å². The molecule has 23 heavy (non-hydrogen) atoms. The fourth-order valence-electron chi connectivity index (χ4n) is 2.38. The average Bonchev–Trinajstić information content (AvgIpc) is 2.75. The lowest BCUT2D eigenvalue weighted by molar-refractivity contribution is -0.0987. The van der Waals surface area contributed by atoms with Crippen molar-refractivity contribution < 1.29 is 24.9 Å². The summed E-state index contributed by atoms with van der Waals surface area (Å²) in [6.07, 6.45) is -0.198. The molecule has 9 heteroatoms. The Balaban J connectivity index is 2.13. The van der Waals surface area contributed by atoms with E-state index < -0.39 is 36.3 Å². The number of aliphatic hydroxyl groups is 3. The number of nitrogens with zero attached hydrogens (tertiary/aromatic N) is 2. The standard InChI is InChI=1S/C14H23N3O6/c1-3-4-7-22-16-10-5-6-17(13(20)15-10)12-14(2,21)11(19)9(8-18)23-12/h5-6,9,11-12,18-19,21H,3-4,7-8H2,1-2H3,(H,15,16,20)/t9-,11?,12-,14-/m1/s1. The van der Waals surface area contributed by atoms with E-state index in [4.69, 9.17) is 14.7 Å². The number of rotatable bonds is 7. The summed E-state index contributed by atoms with van der Waals surface area (Å²) in [5.41, 5.74) is 0.164. The molecule has 0 saturated carbocycles. The molecule has 0 spiro atoms. The van der Waals surface area contributed by atoms with Crippen molar-refractivity contribution in [3.63, 3.8) is 0 Å². The van der Waals surface area contributed by atoms with Gasteiger partial charge in [-0.25, -0.2) is 10.3 Å². The van der Waals surface area contributed by atoms with Crippen molar-refractivity contribution in [2.45, 2.75) is 50.7 Å². The summed E-state index contributed by atoms with van der Waals surface area (Å²) >= 11 is 0. The minimum Gasteiger partial charge on any atom is -0.394 e. The van der Waals surface area contributed by atoms with E-state index >= 15 is 0 Å². The maximum absolute atomic E-state index is 12.1. The molecule has 1 aliphatic rings. The van der Waals surface area contributed by atoms with Gasteiger partial charge in [-0.3, -0.25) is 9.40 Å². The van der Waals surface area contributed by atoms with Gasteiger partial charge >= 0.3 is 5.69 Å². The Hall–Kier alpha value is -1.52. The lowest BCUT2D eigenvalue weighted by Gasteiger charge is -2.27. The highest BCUT2D eigenvalue weighted by atomic mass is 16.6. The van der Waals surface area contributed by atoms with E-state index in [2.05, 4.69) is 10.5 Å². The van der Waals surface area contributed by atoms with E-state index in [1.165, 1.54) is 19.2 Å². The van der Waals surface area contributed by atoms with Crippen molar-refractivity contribution in [1.29, 1.82) is 0 Å². The molecular formula is C14H23N3O6. The van der Waals surface area contributed by atoms with Crippen LogP contribution in [0, 0.1) is 0 Å². The topological polar surface area (TPSA) is 126 Å². The molecule has 0 bridgehead atoms. The first kappa shape index (κ1) is 17.8. The van der Waals surface area contributed by atoms with Gasteiger partial charge in [0.1, 0.15) is 17.8 Å². The molecule has 1 aromatic rings. The quantitative estimate of drug-likeness (QED) is 0.385. The number of unbranched alkanes of at least 4 members (excludes halogenated alkanes) is 1. The van der Waals surface area contributed by atoms with Gasteiger partial charge in [0.15, 0.2) is 12.0 Å². The SMILES string of the molecule is CCCCONc1ccn([C@@H]2O[C@H](CO)C(O)[C@@]2(C)O)c(=O)n1. The number of anilines is 1. The van der Waals surface area contributed by atoms with E-state index in [-0.39, 0.29) is 5.82 Å². The van der Waals surface area contributed by atoms with Crippen LogP contribution in [0.1, 0.15) is 32.9 Å². The Morgan fingerprint density at radius 3 is 2.87 bits per heavy atom. The normalized spacial score (nSPS) is 30.6. The van der Waals surface area contributed by atoms with Gasteiger partial charge in [-0.2, -0.15) is 4.98 Å². The Morgan fingerprint density at radius 2 is 2.30 bits per heavy atom. The summed E-state index contributed by atoms with van der Waals surface area (Å²) in [6.45, 7) is 3.39. The molecule has 0 amide bonds. The monoisotopic (exact) mass is 329 g/mol. The van der Waals surface area contributed by atoms with E-state index in [0.717, 1.165) is 17.4 Å². The molecule has 1 aliphatic heterocycles. The van der Waals surface area contributed by atoms with Crippen LogP contribution in [-0.4, -0.2) is 55.9 Å². The maximum atomic E-state index is 12.1. The molecule has 0 aromatic carbocycles. The number of hydrogen-bond donors (Lipinski definition) is 4. The van der Waals surface area contributed by atoms with E-state index in [1.54, 1.807) is 0 Å². The molecule has 1 aromatic heterocycles. The minimum atomic E-state index is -1.73. The number of ether oxygens (including phenoxy) is 1. The van der Waals surface area contributed by atoms with Gasteiger partial charge in [0.05, 0.1) is 13.2 Å². The zero-order chi connectivity index (χ0) is 17.0. The third-order valence-electron chi connectivity index (χ3n) is 3.79. The highest BCUT2D eigenvalue weighted by Crippen LogP contribution is 2.37. The van der Waals surface area contributed by atoms with Crippen molar-refractivity contribution in [3.05, 3.63) is 22.7 Å². The van der Waals surface area contributed by atoms with Gasteiger partial charge in [-0.1, -0.05) is 13.3 Å². The Kier molecular flexibility index (Phi) is 5.71. The van der Waals surface area contributed by atoms with Crippen molar-refractivity contribution in [2.75, 3.05) is 18.7 Å². The third kappa shape index (κ3) is 3.70. The molecule has 130 valence electrons. The lowest BCUT2D eigenvalue weighted by Crippen LogP contribution is -2.46. The second-order valence-corrected chi connectivity index (χ2v) is 5.69. The van der Waals surface area contributed by atoms with Gasteiger partial charge in [0, 0.05) is 6.20 Å². The zero-order valence-corrected chi connectivity index (χ0v) is 13.2. The van der Waals surface area contributed by atoms with Gasteiger partial charge in [0.25, 0.3) is 0 Å². The Labute approximate surface area is 133 Å². The third-order valence-corrected chi connectivity index (χ3v) is 3.79. The fraction of sp³-hybridized carbons (Fsp3) is 0.714. The minimum absolute atomic E-state index is 0.235. The number of hydrogen-bond acceptors (Lipinski definition) is 8. The largest absolute Gasteiger partial charge is 0.394 e. The van der Waals surface area contributed by atoms with E-state index in [0.29, 0.717) is 6.61 Å². The van der Waals surface area contributed by atoms with Gasteiger partial charge in [-0.05, 0) is 19.4 Å².